The van der Waals surface area contributed by atoms with E-state index in [1.54, 1.807) is 7.11 Å². The predicted octanol–water partition coefficient (Wildman–Crippen LogP) is 2.99. The van der Waals surface area contributed by atoms with Gasteiger partial charge < -0.3 is 14.7 Å². The van der Waals surface area contributed by atoms with Gasteiger partial charge in [0.15, 0.2) is 0 Å². The van der Waals surface area contributed by atoms with E-state index in [1.807, 2.05) is 6.07 Å². The third-order valence-corrected chi connectivity index (χ3v) is 5.35. The Hall–Kier alpha value is -0.580. The molecule has 2 atom stereocenters. The maximum absolute atomic E-state index is 10.9. The number of halogens is 1. The third kappa shape index (κ3) is 2.87. The fraction of sp³-hybridized carbons (Fsp3) is 0.625. The zero-order valence-corrected chi connectivity index (χ0v) is 13.5. The highest BCUT2D eigenvalue weighted by atomic mass is 79.9. The Morgan fingerprint density at radius 2 is 2.30 bits per heavy atom. The van der Waals surface area contributed by atoms with Gasteiger partial charge in [0.1, 0.15) is 5.75 Å². The lowest BCUT2D eigenvalue weighted by Gasteiger charge is -2.41. The van der Waals surface area contributed by atoms with Crippen LogP contribution in [0.4, 0.5) is 0 Å². The average Bonchev–Trinajstić information content (AvgIpc) is 2.85. The molecule has 1 aromatic rings. The number of nitrogens with zero attached hydrogens (tertiary/aromatic N) is 1. The summed E-state index contributed by atoms with van der Waals surface area (Å²) in [5, 5.41) is 10.9. The number of rotatable bonds is 3. The molecule has 1 aromatic carbocycles. The van der Waals surface area contributed by atoms with E-state index in [4.69, 9.17) is 4.74 Å². The number of methoxy groups -OCH3 is 1. The van der Waals surface area contributed by atoms with E-state index < -0.39 is 5.60 Å². The molecule has 3 rings (SSSR count). The van der Waals surface area contributed by atoms with E-state index in [9.17, 15) is 5.11 Å². The van der Waals surface area contributed by atoms with E-state index >= 15 is 0 Å². The fourth-order valence-corrected chi connectivity index (χ4v) is 4.26. The minimum Gasteiger partial charge on any atom is -0.496 e. The largest absolute Gasteiger partial charge is 0.496 e. The van der Waals surface area contributed by atoms with Crippen LogP contribution in [-0.2, 0) is 6.42 Å². The molecule has 0 aromatic heterocycles. The lowest BCUT2D eigenvalue weighted by atomic mass is 9.82. The lowest BCUT2D eigenvalue weighted by Crippen LogP contribution is -2.48. The van der Waals surface area contributed by atoms with Gasteiger partial charge >= 0.3 is 0 Å². The van der Waals surface area contributed by atoms with Crippen LogP contribution in [0, 0.1) is 0 Å². The molecular weight excluding hydrogens is 318 g/mol. The topological polar surface area (TPSA) is 32.7 Å². The quantitative estimate of drug-likeness (QED) is 0.918. The standard InChI is InChI=1S/C16H22BrNO2/c1-20-15-5-4-12(9-14(15)17)10-16(19)6-8-18-7-2-3-13(18)11-16/h4-5,9,13,19H,2-3,6-8,10-11H2,1H3. The number of piperidine rings is 1. The third-order valence-electron chi connectivity index (χ3n) is 4.73. The molecule has 0 amide bonds. The second kappa shape index (κ2) is 5.66. The normalized spacial score (nSPS) is 30.2. The number of aliphatic hydroxyl groups is 1. The van der Waals surface area contributed by atoms with Gasteiger partial charge in [0.2, 0.25) is 0 Å². The summed E-state index contributed by atoms with van der Waals surface area (Å²) < 4.78 is 6.21. The summed E-state index contributed by atoms with van der Waals surface area (Å²) in [5.41, 5.74) is 0.631. The molecular formula is C16H22BrNO2. The van der Waals surface area contributed by atoms with Crippen molar-refractivity contribution in [3.63, 3.8) is 0 Å². The van der Waals surface area contributed by atoms with Crippen LogP contribution in [0.3, 0.4) is 0 Å². The molecule has 0 bridgehead atoms. The number of fused-ring (bicyclic) bond motifs is 1. The van der Waals surface area contributed by atoms with Crippen molar-refractivity contribution in [2.45, 2.75) is 43.7 Å². The molecule has 2 heterocycles. The van der Waals surface area contributed by atoms with Gasteiger partial charge in [-0.3, -0.25) is 0 Å². The number of ether oxygens (including phenoxy) is 1. The Bertz CT molecular complexity index is 493. The van der Waals surface area contributed by atoms with Gasteiger partial charge in [-0.05, 0) is 65.9 Å². The van der Waals surface area contributed by atoms with Gasteiger partial charge in [0.25, 0.3) is 0 Å². The summed E-state index contributed by atoms with van der Waals surface area (Å²) >= 11 is 3.52. The van der Waals surface area contributed by atoms with Gasteiger partial charge in [0, 0.05) is 19.0 Å². The van der Waals surface area contributed by atoms with Crippen LogP contribution in [0.15, 0.2) is 22.7 Å². The van der Waals surface area contributed by atoms with Gasteiger partial charge in [-0.2, -0.15) is 0 Å². The van der Waals surface area contributed by atoms with Crippen molar-refractivity contribution >= 4 is 15.9 Å². The second-order valence-electron chi connectivity index (χ2n) is 6.16. The smallest absolute Gasteiger partial charge is 0.133 e. The van der Waals surface area contributed by atoms with Gasteiger partial charge in [0.05, 0.1) is 17.2 Å². The first-order chi connectivity index (χ1) is 9.59. The Labute approximate surface area is 129 Å². The van der Waals surface area contributed by atoms with Crippen LogP contribution in [0.25, 0.3) is 0 Å². The summed E-state index contributed by atoms with van der Waals surface area (Å²) in [6, 6.07) is 6.68. The van der Waals surface area contributed by atoms with E-state index in [0.717, 1.165) is 36.0 Å². The van der Waals surface area contributed by atoms with Crippen molar-refractivity contribution in [1.82, 2.24) is 4.90 Å². The number of benzene rings is 1. The highest BCUT2D eigenvalue weighted by molar-refractivity contribution is 9.10. The molecule has 2 aliphatic heterocycles. The minimum atomic E-state index is -0.542. The van der Waals surface area contributed by atoms with Gasteiger partial charge in [-0.25, -0.2) is 0 Å². The SMILES string of the molecule is COc1ccc(CC2(O)CCN3CCCC3C2)cc1Br. The predicted molar refractivity (Wildman–Crippen MR) is 83.2 cm³/mol. The molecule has 2 unspecified atom stereocenters. The van der Waals surface area contributed by atoms with Crippen LogP contribution in [-0.4, -0.2) is 41.8 Å². The lowest BCUT2D eigenvalue weighted by molar-refractivity contribution is -0.0354. The summed E-state index contributed by atoms with van der Waals surface area (Å²) in [6.45, 7) is 2.26. The molecule has 2 aliphatic rings. The van der Waals surface area contributed by atoms with Crippen molar-refractivity contribution in [1.29, 1.82) is 0 Å². The Morgan fingerprint density at radius 3 is 3.05 bits per heavy atom. The van der Waals surface area contributed by atoms with Crippen molar-refractivity contribution in [3.8, 4) is 5.75 Å². The first kappa shape index (κ1) is 14.4. The van der Waals surface area contributed by atoms with Gasteiger partial charge in [-0.15, -0.1) is 0 Å². The Morgan fingerprint density at radius 1 is 1.45 bits per heavy atom. The van der Waals surface area contributed by atoms with E-state index in [1.165, 1.54) is 24.9 Å². The van der Waals surface area contributed by atoms with Crippen LogP contribution < -0.4 is 4.74 Å². The van der Waals surface area contributed by atoms with Crippen molar-refractivity contribution in [3.05, 3.63) is 28.2 Å². The van der Waals surface area contributed by atoms with Crippen LogP contribution in [0.5, 0.6) is 5.75 Å². The van der Waals surface area contributed by atoms with E-state index in [2.05, 4.69) is 33.0 Å². The summed E-state index contributed by atoms with van der Waals surface area (Å²) in [7, 11) is 1.67. The Balaban J connectivity index is 1.71. The molecule has 20 heavy (non-hydrogen) atoms. The van der Waals surface area contributed by atoms with Crippen LogP contribution in [0.1, 0.15) is 31.2 Å². The zero-order valence-electron chi connectivity index (χ0n) is 11.9. The molecule has 0 aliphatic carbocycles. The second-order valence-corrected chi connectivity index (χ2v) is 7.01. The zero-order chi connectivity index (χ0) is 14.2. The molecule has 1 N–H and O–H groups in total. The number of hydrogen-bond acceptors (Lipinski definition) is 3. The molecule has 3 nitrogen and oxygen atoms in total. The van der Waals surface area contributed by atoms with Crippen molar-refractivity contribution in [2.24, 2.45) is 0 Å². The molecule has 0 saturated carbocycles. The minimum absolute atomic E-state index is 0.542. The first-order valence-electron chi connectivity index (χ1n) is 7.38. The van der Waals surface area contributed by atoms with Gasteiger partial charge in [-0.1, -0.05) is 6.07 Å². The summed E-state index contributed by atoms with van der Waals surface area (Å²) in [6.07, 6.45) is 5.06. The molecule has 2 saturated heterocycles. The summed E-state index contributed by atoms with van der Waals surface area (Å²) in [5.74, 6) is 0.839. The van der Waals surface area contributed by atoms with Crippen molar-refractivity contribution in [2.75, 3.05) is 20.2 Å². The first-order valence-corrected chi connectivity index (χ1v) is 8.18. The highest BCUT2D eigenvalue weighted by Crippen LogP contribution is 2.36. The maximum atomic E-state index is 10.9. The Kier molecular flexibility index (Phi) is 4.07. The summed E-state index contributed by atoms with van der Waals surface area (Å²) in [4.78, 5) is 2.54. The monoisotopic (exact) mass is 339 g/mol. The van der Waals surface area contributed by atoms with Crippen molar-refractivity contribution < 1.29 is 9.84 Å². The van der Waals surface area contributed by atoms with E-state index in [0.29, 0.717) is 6.04 Å². The molecule has 0 radical (unpaired) electrons. The van der Waals surface area contributed by atoms with Crippen LogP contribution in [0.2, 0.25) is 0 Å². The molecule has 110 valence electrons. The van der Waals surface area contributed by atoms with Crippen LogP contribution >= 0.6 is 15.9 Å². The highest BCUT2D eigenvalue weighted by Gasteiger charge is 2.40. The fourth-order valence-electron chi connectivity index (χ4n) is 3.67. The maximum Gasteiger partial charge on any atom is 0.133 e. The number of hydrogen-bond donors (Lipinski definition) is 1. The molecule has 0 spiro atoms. The molecule has 4 heteroatoms. The average molecular weight is 340 g/mol. The van der Waals surface area contributed by atoms with E-state index in [-0.39, 0.29) is 0 Å². The molecule has 2 fully saturated rings.